The number of rotatable bonds is 3. The third-order valence-corrected chi connectivity index (χ3v) is 4.84. The Balaban J connectivity index is 0.00000243. The summed E-state index contributed by atoms with van der Waals surface area (Å²) in [4.78, 5) is 25.6. The van der Waals surface area contributed by atoms with E-state index in [-0.39, 0.29) is 30.0 Å². The standard InChI is InChI=1S/C18H18ClN3O3.ClH/c1-12-13(6-4-8-16(12)22(24)25)18(23)21-10-9-20-11-17(21)14-5-2-3-7-15(14)19;/h2-8,17,20H,9-11H2,1H3;1H. The normalized spacial score (nSPS) is 16.7. The zero-order chi connectivity index (χ0) is 18.0. The van der Waals surface area contributed by atoms with E-state index in [2.05, 4.69) is 5.32 Å². The molecule has 8 heteroatoms. The lowest BCUT2D eigenvalue weighted by molar-refractivity contribution is -0.385. The van der Waals surface area contributed by atoms with Gasteiger partial charge in [0.05, 0.1) is 11.0 Å². The van der Waals surface area contributed by atoms with Crippen LogP contribution in [0.2, 0.25) is 5.02 Å². The van der Waals surface area contributed by atoms with Crippen LogP contribution >= 0.6 is 24.0 Å². The van der Waals surface area contributed by atoms with Gasteiger partial charge in [0, 0.05) is 41.9 Å². The maximum absolute atomic E-state index is 13.1. The molecule has 138 valence electrons. The molecular formula is C18H19Cl2N3O3. The van der Waals surface area contributed by atoms with Crippen LogP contribution in [0.1, 0.15) is 27.5 Å². The lowest BCUT2D eigenvalue weighted by Gasteiger charge is -2.37. The topological polar surface area (TPSA) is 75.5 Å². The van der Waals surface area contributed by atoms with Gasteiger partial charge in [-0.2, -0.15) is 0 Å². The number of nitro benzene ring substituents is 1. The van der Waals surface area contributed by atoms with Crippen LogP contribution in [0.4, 0.5) is 5.69 Å². The van der Waals surface area contributed by atoms with Crippen molar-refractivity contribution in [1.82, 2.24) is 10.2 Å². The SMILES string of the molecule is Cc1c(C(=O)N2CCNCC2c2ccccc2Cl)cccc1[N+](=O)[O-].Cl. The van der Waals surface area contributed by atoms with Gasteiger partial charge in [-0.05, 0) is 24.6 Å². The van der Waals surface area contributed by atoms with Crippen LogP contribution in [0.5, 0.6) is 0 Å². The Kier molecular flexibility index (Phi) is 6.58. The molecule has 1 amide bonds. The van der Waals surface area contributed by atoms with E-state index >= 15 is 0 Å². The number of halogens is 2. The molecule has 0 saturated carbocycles. The Hall–Kier alpha value is -2.15. The molecule has 3 rings (SSSR count). The molecule has 0 bridgehead atoms. The van der Waals surface area contributed by atoms with Crippen LogP contribution in [0, 0.1) is 17.0 Å². The van der Waals surface area contributed by atoms with E-state index in [1.165, 1.54) is 6.07 Å². The molecule has 1 N–H and O–H groups in total. The van der Waals surface area contributed by atoms with Crippen molar-refractivity contribution in [3.63, 3.8) is 0 Å². The monoisotopic (exact) mass is 395 g/mol. The summed E-state index contributed by atoms with van der Waals surface area (Å²) in [6, 6.07) is 11.8. The van der Waals surface area contributed by atoms with E-state index in [0.717, 1.165) is 5.56 Å². The van der Waals surface area contributed by atoms with E-state index in [4.69, 9.17) is 11.6 Å². The van der Waals surface area contributed by atoms with Crippen LogP contribution < -0.4 is 5.32 Å². The molecule has 2 aromatic carbocycles. The Morgan fingerprint density at radius 2 is 2.00 bits per heavy atom. The molecule has 0 aromatic heterocycles. The highest BCUT2D eigenvalue weighted by atomic mass is 35.5. The Morgan fingerprint density at radius 3 is 2.69 bits per heavy atom. The minimum atomic E-state index is -0.463. The first-order valence-corrected chi connectivity index (χ1v) is 8.38. The lowest BCUT2D eigenvalue weighted by atomic mass is 10.00. The van der Waals surface area contributed by atoms with E-state index in [1.54, 1.807) is 30.0 Å². The van der Waals surface area contributed by atoms with Crippen molar-refractivity contribution in [2.45, 2.75) is 13.0 Å². The minimum Gasteiger partial charge on any atom is -0.329 e. The first-order chi connectivity index (χ1) is 12.0. The fourth-order valence-electron chi connectivity index (χ4n) is 3.18. The summed E-state index contributed by atoms with van der Waals surface area (Å²) in [6.07, 6.45) is 0. The molecular weight excluding hydrogens is 377 g/mol. The highest BCUT2D eigenvalue weighted by Crippen LogP contribution is 2.31. The number of carbonyl (C=O) groups excluding carboxylic acids is 1. The number of carbonyl (C=O) groups is 1. The predicted molar refractivity (Wildman–Crippen MR) is 103 cm³/mol. The van der Waals surface area contributed by atoms with Gasteiger partial charge in [-0.15, -0.1) is 12.4 Å². The summed E-state index contributed by atoms with van der Waals surface area (Å²) in [6.45, 7) is 3.37. The molecule has 1 aliphatic rings. The number of nitrogens with zero attached hydrogens (tertiary/aromatic N) is 2. The van der Waals surface area contributed by atoms with Crippen molar-refractivity contribution >= 4 is 35.6 Å². The average molecular weight is 396 g/mol. The van der Waals surface area contributed by atoms with E-state index in [9.17, 15) is 14.9 Å². The number of nitro groups is 1. The van der Waals surface area contributed by atoms with Gasteiger partial charge in [0.15, 0.2) is 0 Å². The summed E-state index contributed by atoms with van der Waals surface area (Å²) in [5.41, 5.74) is 1.56. The van der Waals surface area contributed by atoms with Crippen molar-refractivity contribution in [3.05, 3.63) is 74.3 Å². The zero-order valence-corrected chi connectivity index (χ0v) is 15.7. The summed E-state index contributed by atoms with van der Waals surface area (Å²) in [7, 11) is 0. The van der Waals surface area contributed by atoms with Crippen molar-refractivity contribution in [3.8, 4) is 0 Å². The number of hydrogen-bond donors (Lipinski definition) is 1. The molecule has 1 unspecified atom stereocenters. The third kappa shape index (κ3) is 3.82. The first kappa shape index (κ1) is 20.2. The van der Waals surface area contributed by atoms with Crippen LogP contribution in [0.15, 0.2) is 42.5 Å². The summed E-state index contributed by atoms with van der Waals surface area (Å²) < 4.78 is 0. The second-order valence-corrected chi connectivity index (χ2v) is 6.35. The summed E-state index contributed by atoms with van der Waals surface area (Å²) in [5.74, 6) is -0.215. The molecule has 0 radical (unpaired) electrons. The maximum Gasteiger partial charge on any atom is 0.273 e. The smallest absolute Gasteiger partial charge is 0.273 e. The second kappa shape index (κ2) is 8.49. The molecule has 6 nitrogen and oxygen atoms in total. The number of amides is 1. The minimum absolute atomic E-state index is 0. The number of nitrogens with one attached hydrogen (secondary N) is 1. The largest absolute Gasteiger partial charge is 0.329 e. The molecule has 1 aliphatic heterocycles. The Labute approximate surface area is 162 Å². The highest BCUT2D eigenvalue weighted by molar-refractivity contribution is 6.31. The maximum atomic E-state index is 13.1. The lowest BCUT2D eigenvalue weighted by Crippen LogP contribution is -2.49. The van der Waals surface area contributed by atoms with Gasteiger partial charge in [0.25, 0.3) is 11.6 Å². The van der Waals surface area contributed by atoms with Crippen molar-refractivity contribution in [1.29, 1.82) is 0 Å². The highest BCUT2D eigenvalue weighted by Gasteiger charge is 2.31. The summed E-state index contributed by atoms with van der Waals surface area (Å²) in [5, 5.41) is 15.0. The quantitative estimate of drug-likeness (QED) is 0.633. The number of hydrogen-bond acceptors (Lipinski definition) is 4. The molecule has 0 aliphatic carbocycles. The van der Waals surface area contributed by atoms with Gasteiger partial charge in [-0.25, -0.2) is 0 Å². The van der Waals surface area contributed by atoms with Gasteiger partial charge in [-0.1, -0.05) is 35.9 Å². The number of benzene rings is 2. The fourth-order valence-corrected chi connectivity index (χ4v) is 3.44. The molecule has 0 spiro atoms. The fraction of sp³-hybridized carbons (Fsp3) is 0.278. The predicted octanol–water partition coefficient (Wildman–Crippen LogP) is 3.77. The average Bonchev–Trinajstić information content (AvgIpc) is 2.61. The van der Waals surface area contributed by atoms with Crippen molar-refractivity contribution < 1.29 is 9.72 Å². The number of piperazine rings is 1. The first-order valence-electron chi connectivity index (χ1n) is 8.01. The molecule has 1 fully saturated rings. The summed E-state index contributed by atoms with van der Waals surface area (Å²) >= 11 is 6.32. The Morgan fingerprint density at radius 1 is 1.27 bits per heavy atom. The molecule has 1 atom stereocenters. The van der Waals surface area contributed by atoms with Gasteiger partial charge >= 0.3 is 0 Å². The van der Waals surface area contributed by atoms with Crippen LogP contribution in [-0.2, 0) is 0 Å². The van der Waals surface area contributed by atoms with Crippen LogP contribution in [-0.4, -0.2) is 35.4 Å². The van der Waals surface area contributed by atoms with Gasteiger partial charge in [0.1, 0.15) is 0 Å². The van der Waals surface area contributed by atoms with Crippen LogP contribution in [0.3, 0.4) is 0 Å². The van der Waals surface area contributed by atoms with Crippen LogP contribution in [0.25, 0.3) is 0 Å². The van der Waals surface area contributed by atoms with Crippen molar-refractivity contribution in [2.24, 2.45) is 0 Å². The Bertz CT molecular complexity index is 829. The van der Waals surface area contributed by atoms with Gasteiger partial charge in [0.2, 0.25) is 0 Å². The van der Waals surface area contributed by atoms with Gasteiger partial charge in [-0.3, -0.25) is 14.9 Å². The molecule has 2 aromatic rings. The van der Waals surface area contributed by atoms with E-state index < -0.39 is 4.92 Å². The zero-order valence-electron chi connectivity index (χ0n) is 14.1. The van der Waals surface area contributed by atoms with Gasteiger partial charge < -0.3 is 10.2 Å². The molecule has 1 heterocycles. The van der Waals surface area contributed by atoms with E-state index in [1.807, 2.05) is 18.2 Å². The molecule has 26 heavy (non-hydrogen) atoms. The van der Waals surface area contributed by atoms with E-state index in [0.29, 0.717) is 35.8 Å². The van der Waals surface area contributed by atoms with Crippen molar-refractivity contribution in [2.75, 3.05) is 19.6 Å². The molecule has 1 saturated heterocycles. The second-order valence-electron chi connectivity index (χ2n) is 5.95. The third-order valence-electron chi connectivity index (χ3n) is 4.50.